The molecule has 0 saturated heterocycles. The molecule has 59 heavy (non-hydrogen) atoms. The van der Waals surface area contributed by atoms with Gasteiger partial charge >= 0.3 is 0 Å². The minimum Gasteiger partial charge on any atom is -0.464 e. The molecule has 1 N–H and O–H groups in total. The van der Waals surface area contributed by atoms with Crippen molar-refractivity contribution in [3.05, 3.63) is 218 Å². The van der Waals surface area contributed by atoms with E-state index in [1.54, 1.807) is 0 Å². The van der Waals surface area contributed by atoms with Crippen LogP contribution < -0.4 is 15.0 Å². The predicted octanol–water partition coefficient (Wildman–Crippen LogP) is 14.9. The minimum atomic E-state index is -0.262. The van der Waals surface area contributed by atoms with Gasteiger partial charge in [-0.3, -0.25) is 0 Å². The average Bonchev–Trinajstić information content (AvgIpc) is 3.90. The average molecular weight is 756 g/mol. The second kappa shape index (κ2) is 13.4. The van der Waals surface area contributed by atoms with E-state index in [-0.39, 0.29) is 6.23 Å². The maximum atomic E-state index is 6.56. The molecule has 0 saturated carbocycles. The molecule has 4 heteroatoms. The van der Waals surface area contributed by atoms with Gasteiger partial charge in [0.1, 0.15) is 5.75 Å². The molecule has 0 bridgehead atoms. The Balaban J connectivity index is 1.14. The second-order valence-electron chi connectivity index (χ2n) is 15.3. The van der Waals surface area contributed by atoms with Gasteiger partial charge in [0, 0.05) is 38.5 Å². The monoisotopic (exact) mass is 755 g/mol. The summed E-state index contributed by atoms with van der Waals surface area (Å²) in [6, 6.07) is 76.5. The van der Waals surface area contributed by atoms with Crippen LogP contribution in [0.5, 0.6) is 5.75 Å². The van der Waals surface area contributed by atoms with Crippen LogP contribution in [0.4, 0.5) is 22.7 Å². The van der Waals surface area contributed by atoms with E-state index in [0.29, 0.717) is 0 Å². The van der Waals surface area contributed by atoms with E-state index in [1.807, 2.05) is 6.07 Å². The Bertz CT molecular complexity index is 3410. The highest BCUT2D eigenvalue weighted by Gasteiger charge is 2.28. The third-order valence-corrected chi connectivity index (χ3v) is 12.0. The summed E-state index contributed by atoms with van der Waals surface area (Å²) in [6.45, 7) is 0. The Kier molecular flexibility index (Phi) is 7.57. The lowest BCUT2D eigenvalue weighted by Crippen LogP contribution is -2.12. The van der Waals surface area contributed by atoms with Crippen molar-refractivity contribution >= 4 is 76.9 Å². The van der Waals surface area contributed by atoms with Crippen molar-refractivity contribution < 1.29 is 4.74 Å². The molecule has 1 aliphatic rings. The molecule has 278 valence electrons. The van der Waals surface area contributed by atoms with Crippen molar-refractivity contribution in [1.82, 2.24) is 4.57 Å². The van der Waals surface area contributed by atoms with Gasteiger partial charge in [0.15, 0.2) is 6.23 Å². The number of hydrogen-bond acceptors (Lipinski definition) is 3. The van der Waals surface area contributed by atoms with Crippen molar-refractivity contribution in [2.45, 2.75) is 6.23 Å². The number of rotatable bonds is 6. The fraction of sp³-hybridized carbons (Fsp3) is 0.0182. The smallest absolute Gasteiger partial charge is 0.196 e. The molecule has 10 aromatic carbocycles. The number of hydrogen-bond donors (Lipinski definition) is 1. The molecule has 1 aromatic heterocycles. The molecule has 1 aliphatic heterocycles. The number of para-hydroxylation sites is 2. The van der Waals surface area contributed by atoms with E-state index < -0.39 is 0 Å². The highest BCUT2D eigenvalue weighted by Crippen LogP contribution is 2.49. The first kappa shape index (κ1) is 33.3. The summed E-state index contributed by atoms with van der Waals surface area (Å²) in [6.07, 6.45) is -0.262. The molecule has 11 aromatic rings. The van der Waals surface area contributed by atoms with E-state index in [9.17, 15) is 0 Å². The summed E-state index contributed by atoms with van der Waals surface area (Å²) in [5.74, 6) is 0.862. The Labute approximate surface area is 341 Å². The van der Waals surface area contributed by atoms with Gasteiger partial charge in [-0.1, -0.05) is 164 Å². The van der Waals surface area contributed by atoms with Crippen molar-refractivity contribution in [2.24, 2.45) is 0 Å². The van der Waals surface area contributed by atoms with E-state index in [4.69, 9.17) is 4.74 Å². The van der Waals surface area contributed by atoms with Gasteiger partial charge in [0.2, 0.25) is 0 Å². The molecule has 0 aliphatic carbocycles. The third-order valence-electron chi connectivity index (χ3n) is 12.0. The number of ether oxygens (including phenoxy) is 1. The molecule has 0 amide bonds. The van der Waals surface area contributed by atoms with Crippen LogP contribution in [0.2, 0.25) is 0 Å². The number of nitrogens with one attached hydrogen (secondary N) is 1. The molecule has 0 fully saturated rings. The third kappa shape index (κ3) is 5.38. The summed E-state index contributed by atoms with van der Waals surface area (Å²) in [7, 11) is 0. The Morgan fingerprint density at radius 3 is 2.02 bits per heavy atom. The summed E-state index contributed by atoms with van der Waals surface area (Å²) >= 11 is 0. The van der Waals surface area contributed by atoms with Crippen LogP contribution in [-0.2, 0) is 0 Å². The molecule has 0 radical (unpaired) electrons. The first-order valence-electron chi connectivity index (χ1n) is 20.2. The molecule has 2 heterocycles. The number of nitrogens with zero attached hydrogens (tertiary/aromatic N) is 2. The largest absolute Gasteiger partial charge is 0.464 e. The van der Waals surface area contributed by atoms with Crippen LogP contribution in [0.15, 0.2) is 212 Å². The van der Waals surface area contributed by atoms with Crippen molar-refractivity contribution in [3.8, 4) is 22.6 Å². The summed E-state index contributed by atoms with van der Waals surface area (Å²) in [5, 5.41) is 13.2. The van der Waals surface area contributed by atoms with Crippen LogP contribution >= 0.6 is 0 Å². The summed E-state index contributed by atoms with van der Waals surface area (Å²) in [5.41, 5.74) is 11.2. The Morgan fingerprint density at radius 1 is 0.458 bits per heavy atom. The molecule has 0 spiro atoms. The van der Waals surface area contributed by atoms with Crippen LogP contribution in [0.3, 0.4) is 0 Å². The number of fused-ring (bicyclic) bond motifs is 9. The summed E-state index contributed by atoms with van der Waals surface area (Å²) < 4.78 is 9.01. The standard InChI is InChI=1S/C55H37N3O/c1-3-14-36(15-4-1)41-20-11-21-42(34-41)57(48-26-12-23-46-45(48)32-29-38-30-33-51-53(52(38)46)56-55(59-51)39-17-5-2-6-18-39)50-27-13-24-47-44-22-9-10-25-49(44)58(54(47)50)43-31-28-37-16-7-8-19-40(37)35-43/h1-35,55-56H. The fourth-order valence-electron chi connectivity index (χ4n) is 9.28. The van der Waals surface area contributed by atoms with E-state index in [1.165, 1.54) is 32.6 Å². The topological polar surface area (TPSA) is 29.4 Å². The lowest BCUT2D eigenvalue weighted by molar-refractivity contribution is 0.260. The maximum absolute atomic E-state index is 6.56. The first-order valence-corrected chi connectivity index (χ1v) is 20.2. The van der Waals surface area contributed by atoms with Gasteiger partial charge < -0.3 is 19.5 Å². The SMILES string of the molecule is c1ccc(-c2cccc(N(c3cccc4c3ccc3ccc5c(c34)NC(c3ccccc3)O5)c3cccc4c5ccccc5n(-c5ccc6ccccc6c5)c34)c2)cc1. The number of aromatic nitrogens is 1. The van der Waals surface area contributed by atoms with E-state index >= 15 is 0 Å². The zero-order valence-corrected chi connectivity index (χ0v) is 32.1. The van der Waals surface area contributed by atoms with Gasteiger partial charge in [-0.2, -0.15) is 0 Å². The normalized spacial score (nSPS) is 13.5. The fourth-order valence-corrected chi connectivity index (χ4v) is 9.28. The highest BCUT2D eigenvalue weighted by molar-refractivity contribution is 6.20. The van der Waals surface area contributed by atoms with Crippen LogP contribution in [0.1, 0.15) is 11.8 Å². The van der Waals surface area contributed by atoms with Crippen molar-refractivity contribution in [1.29, 1.82) is 0 Å². The van der Waals surface area contributed by atoms with Gasteiger partial charge in [-0.05, 0) is 81.2 Å². The quantitative estimate of drug-likeness (QED) is 0.171. The molecular formula is C55H37N3O. The minimum absolute atomic E-state index is 0.262. The van der Waals surface area contributed by atoms with Crippen molar-refractivity contribution in [2.75, 3.05) is 10.2 Å². The highest BCUT2D eigenvalue weighted by atomic mass is 16.5. The van der Waals surface area contributed by atoms with Crippen LogP contribution in [0.25, 0.3) is 70.9 Å². The van der Waals surface area contributed by atoms with E-state index in [0.717, 1.165) is 72.4 Å². The zero-order valence-electron chi connectivity index (χ0n) is 32.1. The molecular weight excluding hydrogens is 719 g/mol. The van der Waals surface area contributed by atoms with E-state index in [2.05, 4.69) is 221 Å². The molecule has 1 unspecified atom stereocenters. The first-order chi connectivity index (χ1) is 29.3. The number of benzene rings is 10. The Hall–Kier alpha value is -7.82. The van der Waals surface area contributed by atoms with Gasteiger partial charge in [-0.15, -0.1) is 0 Å². The molecule has 4 nitrogen and oxygen atoms in total. The van der Waals surface area contributed by atoms with Gasteiger partial charge in [0.25, 0.3) is 0 Å². The van der Waals surface area contributed by atoms with Gasteiger partial charge in [0.05, 0.1) is 28.1 Å². The van der Waals surface area contributed by atoms with Crippen LogP contribution in [0, 0.1) is 0 Å². The van der Waals surface area contributed by atoms with Crippen molar-refractivity contribution in [3.63, 3.8) is 0 Å². The lowest BCUT2D eigenvalue weighted by Gasteiger charge is -2.29. The summed E-state index contributed by atoms with van der Waals surface area (Å²) in [4.78, 5) is 2.47. The second-order valence-corrected chi connectivity index (χ2v) is 15.3. The zero-order chi connectivity index (χ0) is 38.9. The molecule has 12 rings (SSSR count). The van der Waals surface area contributed by atoms with Crippen LogP contribution in [-0.4, -0.2) is 4.57 Å². The predicted molar refractivity (Wildman–Crippen MR) is 247 cm³/mol. The lowest BCUT2D eigenvalue weighted by atomic mass is 9.97. The Morgan fingerprint density at radius 2 is 1.14 bits per heavy atom. The number of anilines is 4. The molecule has 1 atom stereocenters. The van der Waals surface area contributed by atoms with Gasteiger partial charge in [-0.25, -0.2) is 0 Å². The maximum Gasteiger partial charge on any atom is 0.196 e.